The van der Waals surface area contributed by atoms with Gasteiger partial charge in [0.05, 0.1) is 0 Å². The second kappa shape index (κ2) is 13.3. The Bertz CT molecular complexity index is 1020. The summed E-state index contributed by atoms with van der Waals surface area (Å²) in [6, 6.07) is 25.0. The Hall–Kier alpha value is -3.47. The summed E-state index contributed by atoms with van der Waals surface area (Å²) in [6.07, 6.45) is 3.15. The van der Waals surface area contributed by atoms with Crippen LogP contribution in [0.3, 0.4) is 0 Å². The van der Waals surface area contributed by atoms with Gasteiger partial charge >= 0.3 is 0 Å². The molecule has 0 saturated carbocycles. The van der Waals surface area contributed by atoms with Crippen molar-refractivity contribution in [3.05, 3.63) is 107 Å². The van der Waals surface area contributed by atoms with Gasteiger partial charge in [0.1, 0.15) is 11.9 Å². The summed E-state index contributed by atoms with van der Waals surface area (Å²) in [5.41, 5.74) is 2.84. The third kappa shape index (κ3) is 7.84. The number of nitrogens with one attached hydrogen (secondary N) is 1. The average molecular weight is 461 g/mol. The largest absolute Gasteiger partial charge is 0.354 e. The Morgan fingerprint density at radius 3 is 2.09 bits per heavy atom. The lowest BCUT2D eigenvalue weighted by molar-refractivity contribution is -0.141. The molecule has 3 aromatic rings. The second-order valence-corrected chi connectivity index (χ2v) is 8.48. The lowest BCUT2D eigenvalue weighted by Crippen LogP contribution is -2.50. The highest BCUT2D eigenvalue weighted by Crippen LogP contribution is 2.17. The lowest BCUT2D eigenvalue weighted by atomic mass is 10.0. The fraction of sp³-hybridized carbons (Fsp3) is 0.310. The van der Waals surface area contributed by atoms with Gasteiger partial charge in [0.2, 0.25) is 11.8 Å². The maximum Gasteiger partial charge on any atom is 0.243 e. The first-order valence-corrected chi connectivity index (χ1v) is 12.0. The van der Waals surface area contributed by atoms with Crippen molar-refractivity contribution in [2.24, 2.45) is 0 Å². The molecule has 2 amide bonds. The zero-order valence-electron chi connectivity index (χ0n) is 19.8. The van der Waals surface area contributed by atoms with E-state index in [0.29, 0.717) is 25.8 Å². The first kappa shape index (κ1) is 25.2. The number of nitrogens with zero attached hydrogens (tertiary/aromatic N) is 1. The molecule has 1 atom stereocenters. The summed E-state index contributed by atoms with van der Waals surface area (Å²) in [5.74, 6) is -0.587. The van der Waals surface area contributed by atoms with Crippen LogP contribution in [0.2, 0.25) is 0 Å². The van der Waals surface area contributed by atoms with Crippen molar-refractivity contribution in [3.8, 4) is 0 Å². The standard InChI is InChI=1S/C29H33FN2O2/c1-2-3-20-31-29(34)27(21-24-12-8-5-9-13-24)32(22-25-14-17-26(30)18-15-25)28(33)19-16-23-10-6-4-7-11-23/h4-15,17-18,27H,2-3,16,19-22H2,1H3,(H,31,34)/t27-/m1/s1. The van der Waals surface area contributed by atoms with Gasteiger partial charge in [0.25, 0.3) is 0 Å². The van der Waals surface area contributed by atoms with E-state index in [9.17, 15) is 14.0 Å². The number of hydrogen-bond donors (Lipinski definition) is 1. The van der Waals surface area contributed by atoms with Crippen LogP contribution in [0.25, 0.3) is 0 Å². The second-order valence-electron chi connectivity index (χ2n) is 8.48. The van der Waals surface area contributed by atoms with E-state index in [-0.39, 0.29) is 24.2 Å². The first-order valence-electron chi connectivity index (χ1n) is 12.0. The highest BCUT2D eigenvalue weighted by atomic mass is 19.1. The van der Waals surface area contributed by atoms with Gasteiger partial charge in [0.15, 0.2) is 0 Å². The van der Waals surface area contributed by atoms with Crippen molar-refractivity contribution in [2.75, 3.05) is 6.54 Å². The SMILES string of the molecule is CCCCNC(=O)[C@@H](Cc1ccccc1)N(Cc1ccc(F)cc1)C(=O)CCc1ccccc1. The van der Waals surface area contributed by atoms with Crippen LogP contribution >= 0.6 is 0 Å². The molecule has 1 N–H and O–H groups in total. The van der Waals surface area contributed by atoms with Crippen LogP contribution in [0.5, 0.6) is 0 Å². The lowest BCUT2D eigenvalue weighted by Gasteiger charge is -2.31. The van der Waals surface area contributed by atoms with Gasteiger partial charge in [-0.1, -0.05) is 86.1 Å². The van der Waals surface area contributed by atoms with Gasteiger partial charge in [-0.05, 0) is 41.7 Å². The van der Waals surface area contributed by atoms with E-state index >= 15 is 0 Å². The van der Waals surface area contributed by atoms with Crippen molar-refractivity contribution in [1.29, 1.82) is 0 Å². The van der Waals surface area contributed by atoms with Crippen LogP contribution < -0.4 is 5.32 Å². The molecule has 0 aliphatic rings. The fourth-order valence-electron chi connectivity index (χ4n) is 3.89. The van der Waals surface area contributed by atoms with E-state index in [2.05, 4.69) is 12.2 Å². The van der Waals surface area contributed by atoms with Gasteiger partial charge < -0.3 is 10.2 Å². The third-order valence-electron chi connectivity index (χ3n) is 5.84. The van der Waals surface area contributed by atoms with Crippen molar-refractivity contribution in [2.45, 2.75) is 51.6 Å². The molecule has 0 aromatic heterocycles. The van der Waals surface area contributed by atoms with Gasteiger partial charge in [-0.3, -0.25) is 9.59 Å². The van der Waals surface area contributed by atoms with E-state index in [1.807, 2.05) is 60.7 Å². The smallest absolute Gasteiger partial charge is 0.243 e. The first-order chi connectivity index (χ1) is 16.6. The summed E-state index contributed by atoms with van der Waals surface area (Å²) in [5, 5.41) is 3.02. The van der Waals surface area contributed by atoms with Crippen LogP contribution in [0.1, 0.15) is 42.9 Å². The minimum atomic E-state index is -0.660. The molecule has 0 radical (unpaired) electrons. The summed E-state index contributed by atoms with van der Waals surface area (Å²) in [6.45, 7) is 2.89. The minimum Gasteiger partial charge on any atom is -0.354 e. The van der Waals surface area contributed by atoms with Crippen molar-refractivity contribution >= 4 is 11.8 Å². The highest BCUT2D eigenvalue weighted by Gasteiger charge is 2.30. The predicted octanol–water partition coefficient (Wildman–Crippen LogP) is 5.31. The van der Waals surface area contributed by atoms with Crippen molar-refractivity contribution in [3.63, 3.8) is 0 Å². The molecule has 3 rings (SSSR count). The molecular formula is C29H33FN2O2. The molecule has 0 aliphatic carbocycles. The van der Waals surface area contributed by atoms with Crippen LogP contribution in [-0.4, -0.2) is 29.3 Å². The number of halogens is 1. The number of hydrogen-bond acceptors (Lipinski definition) is 2. The maximum atomic E-state index is 13.5. The minimum absolute atomic E-state index is 0.0975. The van der Waals surface area contributed by atoms with Crippen molar-refractivity contribution < 1.29 is 14.0 Å². The molecule has 0 unspecified atom stereocenters. The van der Waals surface area contributed by atoms with Gasteiger partial charge in [-0.2, -0.15) is 0 Å². The summed E-state index contributed by atoms with van der Waals surface area (Å²) in [7, 11) is 0. The number of amides is 2. The zero-order valence-corrected chi connectivity index (χ0v) is 19.8. The average Bonchev–Trinajstić information content (AvgIpc) is 2.87. The van der Waals surface area contributed by atoms with Gasteiger partial charge in [-0.25, -0.2) is 4.39 Å². The Kier molecular flexibility index (Phi) is 9.83. The van der Waals surface area contributed by atoms with Crippen LogP contribution in [-0.2, 0) is 29.0 Å². The Morgan fingerprint density at radius 1 is 0.853 bits per heavy atom. The molecule has 5 heteroatoms. The topological polar surface area (TPSA) is 49.4 Å². The summed E-state index contributed by atoms with van der Waals surface area (Å²) in [4.78, 5) is 28.5. The molecule has 0 bridgehead atoms. The van der Waals surface area contributed by atoms with Crippen LogP contribution in [0, 0.1) is 5.82 Å². The molecule has 0 heterocycles. The van der Waals surface area contributed by atoms with E-state index in [1.54, 1.807) is 17.0 Å². The number of aryl methyl sites for hydroxylation is 1. The predicted molar refractivity (Wildman–Crippen MR) is 134 cm³/mol. The molecule has 4 nitrogen and oxygen atoms in total. The quantitative estimate of drug-likeness (QED) is 0.372. The number of rotatable bonds is 12. The Balaban J connectivity index is 1.86. The molecule has 0 aliphatic heterocycles. The monoisotopic (exact) mass is 460 g/mol. The summed E-state index contributed by atoms with van der Waals surface area (Å²) < 4.78 is 13.5. The molecule has 178 valence electrons. The number of carbonyl (C=O) groups is 2. The number of unbranched alkanes of at least 4 members (excludes halogenated alkanes) is 1. The maximum absolute atomic E-state index is 13.5. The van der Waals surface area contributed by atoms with Gasteiger partial charge in [-0.15, -0.1) is 0 Å². The van der Waals surface area contributed by atoms with E-state index < -0.39 is 6.04 Å². The van der Waals surface area contributed by atoms with E-state index in [4.69, 9.17) is 0 Å². The van der Waals surface area contributed by atoms with Crippen molar-refractivity contribution in [1.82, 2.24) is 10.2 Å². The highest BCUT2D eigenvalue weighted by molar-refractivity contribution is 5.88. The number of carbonyl (C=O) groups excluding carboxylic acids is 2. The van der Waals surface area contributed by atoms with E-state index in [1.165, 1.54) is 12.1 Å². The molecule has 0 saturated heterocycles. The zero-order chi connectivity index (χ0) is 24.2. The Morgan fingerprint density at radius 2 is 1.47 bits per heavy atom. The molecule has 0 spiro atoms. The Labute approximate surface area is 201 Å². The normalized spacial score (nSPS) is 11.6. The molecular weight excluding hydrogens is 427 g/mol. The third-order valence-corrected chi connectivity index (χ3v) is 5.84. The molecule has 34 heavy (non-hydrogen) atoms. The summed E-state index contributed by atoms with van der Waals surface area (Å²) >= 11 is 0. The van der Waals surface area contributed by atoms with Crippen LogP contribution in [0.4, 0.5) is 4.39 Å². The van der Waals surface area contributed by atoms with Gasteiger partial charge in [0, 0.05) is 25.9 Å². The fourth-order valence-corrected chi connectivity index (χ4v) is 3.89. The van der Waals surface area contributed by atoms with E-state index in [0.717, 1.165) is 29.5 Å². The molecule has 3 aromatic carbocycles. The number of benzene rings is 3. The van der Waals surface area contributed by atoms with Crippen LogP contribution in [0.15, 0.2) is 84.9 Å². The molecule has 0 fully saturated rings.